The molecule has 1 radical (unpaired) electrons. The van der Waals surface area contributed by atoms with Gasteiger partial charge in [0.2, 0.25) is 0 Å². The maximum Gasteiger partial charge on any atom is 0.332 e. The molecular weight excluding hydrogens is 265 g/mol. The van der Waals surface area contributed by atoms with Gasteiger partial charge in [-0.1, -0.05) is 0 Å². The Morgan fingerprint density at radius 3 is 2.42 bits per heavy atom. The number of hydrogen-bond donors (Lipinski definition) is 3. The Morgan fingerprint density at radius 1 is 1.42 bits per heavy atom. The van der Waals surface area contributed by atoms with Gasteiger partial charge in [-0.15, -0.1) is 0 Å². The number of fused-ring (bicyclic) bond motifs is 1. The van der Waals surface area contributed by atoms with E-state index >= 15 is 0 Å². The summed E-state index contributed by atoms with van der Waals surface area (Å²) in [6, 6.07) is 0. The molecular formula is C9H13N5NaO4. The van der Waals surface area contributed by atoms with Crippen molar-refractivity contribution < 1.29 is 9.90 Å². The summed E-state index contributed by atoms with van der Waals surface area (Å²) in [5, 5.41) is 7.60. The normalized spacial score (nSPS) is 9.42. The zero-order valence-electron chi connectivity index (χ0n) is 10.9. The van der Waals surface area contributed by atoms with Crippen molar-refractivity contribution in [2.24, 2.45) is 19.8 Å². The Morgan fingerprint density at radius 2 is 1.95 bits per heavy atom. The van der Waals surface area contributed by atoms with Crippen LogP contribution in [0.2, 0.25) is 0 Å². The van der Waals surface area contributed by atoms with E-state index in [4.69, 9.17) is 5.11 Å². The number of carboxylic acids is 1. The molecule has 4 N–H and O–H groups in total. The molecule has 0 spiro atoms. The van der Waals surface area contributed by atoms with Crippen LogP contribution in [0.4, 0.5) is 0 Å². The molecule has 2 aromatic rings. The van der Waals surface area contributed by atoms with Crippen molar-refractivity contribution in [3.63, 3.8) is 0 Å². The third-order valence-corrected chi connectivity index (χ3v) is 2.20. The third-order valence-electron chi connectivity index (χ3n) is 2.20. The van der Waals surface area contributed by atoms with Crippen LogP contribution in [0, 0.1) is 0 Å². The largest absolute Gasteiger partial charge is 0.480 e. The number of aromatic amines is 1. The molecule has 2 rings (SSSR count). The first-order chi connectivity index (χ1) is 8.40. The number of aliphatic carboxylic acids is 1. The number of H-pyrrole nitrogens is 1. The predicted octanol–water partition coefficient (Wildman–Crippen LogP) is -2.39. The molecule has 9 nitrogen and oxygen atoms in total. The minimum atomic E-state index is -0.968. The molecule has 0 aliphatic rings. The van der Waals surface area contributed by atoms with Crippen LogP contribution in [-0.4, -0.2) is 66.3 Å². The van der Waals surface area contributed by atoms with Gasteiger partial charge in [-0.2, -0.15) is 0 Å². The number of rotatable bonds is 1. The summed E-state index contributed by atoms with van der Waals surface area (Å²) in [5.74, 6) is -0.968. The minimum absolute atomic E-state index is 0. The van der Waals surface area contributed by atoms with Crippen molar-refractivity contribution in [2.45, 2.75) is 0 Å². The SMILES string of the molecule is Cn1c(=O)c2[nH]cnc2n(C)c1=O.NCC(=O)O.[Na]. The summed E-state index contributed by atoms with van der Waals surface area (Å²) in [6.07, 6.45) is 1.39. The smallest absolute Gasteiger partial charge is 0.332 e. The predicted molar refractivity (Wildman–Crippen MR) is 69.0 cm³/mol. The number of aryl methyl sites for hydroxylation is 1. The summed E-state index contributed by atoms with van der Waals surface area (Å²) >= 11 is 0. The van der Waals surface area contributed by atoms with Gasteiger partial charge in [-0.05, 0) is 0 Å². The molecule has 0 amide bonds. The van der Waals surface area contributed by atoms with Crippen LogP contribution in [0.5, 0.6) is 0 Å². The second-order valence-corrected chi connectivity index (χ2v) is 3.40. The van der Waals surface area contributed by atoms with Crippen molar-refractivity contribution >= 4 is 46.7 Å². The van der Waals surface area contributed by atoms with Gasteiger partial charge < -0.3 is 15.8 Å². The first-order valence-electron chi connectivity index (χ1n) is 4.91. The Balaban J connectivity index is 0.000000471. The van der Waals surface area contributed by atoms with Crippen LogP contribution in [-0.2, 0) is 18.9 Å². The van der Waals surface area contributed by atoms with Gasteiger partial charge in [0, 0.05) is 43.7 Å². The number of hydrogen-bond acceptors (Lipinski definition) is 5. The molecule has 0 fully saturated rings. The minimum Gasteiger partial charge on any atom is -0.480 e. The van der Waals surface area contributed by atoms with Gasteiger partial charge in [0.15, 0.2) is 5.65 Å². The zero-order chi connectivity index (χ0) is 13.9. The van der Waals surface area contributed by atoms with Gasteiger partial charge in [0.1, 0.15) is 5.52 Å². The van der Waals surface area contributed by atoms with Gasteiger partial charge in [-0.3, -0.25) is 18.7 Å². The van der Waals surface area contributed by atoms with Crippen molar-refractivity contribution in [3.05, 3.63) is 27.2 Å². The molecule has 99 valence electrons. The number of aromatic nitrogens is 4. The van der Waals surface area contributed by atoms with Gasteiger partial charge in [0.25, 0.3) is 5.56 Å². The molecule has 2 aromatic heterocycles. The summed E-state index contributed by atoms with van der Waals surface area (Å²) in [7, 11) is 3.01. The summed E-state index contributed by atoms with van der Waals surface area (Å²) in [5.41, 5.74) is 4.58. The van der Waals surface area contributed by atoms with Gasteiger partial charge in [-0.25, -0.2) is 9.78 Å². The fourth-order valence-corrected chi connectivity index (χ4v) is 1.27. The van der Waals surface area contributed by atoms with E-state index in [0.717, 1.165) is 4.57 Å². The molecule has 10 heteroatoms. The standard InChI is InChI=1S/C7H8N4O2.C2H5NO2.Na/c1-10-5-4(8-3-9-5)6(12)11(2)7(10)13;3-1-2(4)5;/h3H,1-2H3,(H,8,9);1,3H2,(H,4,5);. The van der Waals surface area contributed by atoms with E-state index < -0.39 is 5.97 Å². The van der Waals surface area contributed by atoms with Crippen LogP contribution >= 0.6 is 0 Å². The molecule has 0 saturated heterocycles. The van der Waals surface area contributed by atoms with E-state index in [-0.39, 0.29) is 47.4 Å². The molecule has 0 aromatic carbocycles. The number of imidazole rings is 1. The first-order valence-corrected chi connectivity index (χ1v) is 4.91. The van der Waals surface area contributed by atoms with Crippen LogP contribution in [0.15, 0.2) is 15.9 Å². The Bertz CT molecular complexity index is 686. The number of nitrogens with zero attached hydrogens (tertiary/aromatic N) is 3. The van der Waals surface area contributed by atoms with E-state index in [2.05, 4.69) is 15.7 Å². The summed E-state index contributed by atoms with van der Waals surface area (Å²) < 4.78 is 2.37. The van der Waals surface area contributed by atoms with Crippen molar-refractivity contribution in [2.75, 3.05) is 6.54 Å². The topological polar surface area (TPSA) is 136 Å². The molecule has 0 aliphatic carbocycles. The molecule has 2 heterocycles. The summed E-state index contributed by atoms with van der Waals surface area (Å²) in [6.45, 7) is -0.278. The van der Waals surface area contributed by atoms with E-state index in [1.54, 1.807) is 7.05 Å². The molecule has 0 saturated carbocycles. The number of carboxylic acid groups (broad SMARTS) is 1. The molecule has 0 unspecified atom stereocenters. The van der Waals surface area contributed by atoms with Gasteiger partial charge in [0.05, 0.1) is 12.9 Å². The van der Waals surface area contributed by atoms with Crippen molar-refractivity contribution in [3.8, 4) is 0 Å². The second kappa shape index (κ2) is 7.24. The van der Waals surface area contributed by atoms with E-state index in [0.29, 0.717) is 11.2 Å². The van der Waals surface area contributed by atoms with Crippen molar-refractivity contribution in [1.82, 2.24) is 19.1 Å². The maximum absolute atomic E-state index is 11.4. The number of carbonyl (C=O) groups is 1. The monoisotopic (exact) mass is 278 g/mol. The van der Waals surface area contributed by atoms with Crippen LogP contribution < -0.4 is 17.0 Å². The van der Waals surface area contributed by atoms with E-state index in [9.17, 15) is 14.4 Å². The summed E-state index contributed by atoms with van der Waals surface area (Å²) in [4.78, 5) is 38.6. The Labute approximate surface area is 129 Å². The first kappa shape index (κ1) is 17.6. The van der Waals surface area contributed by atoms with Crippen LogP contribution in [0.3, 0.4) is 0 Å². The molecule has 0 atom stereocenters. The molecule has 0 bridgehead atoms. The fraction of sp³-hybridized carbons (Fsp3) is 0.333. The maximum atomic E-state index is 11.4. The number of nitrogens with one attached hydrogen (secondary N) is 1. The fourth-order valence-electron chi connectivity index (χ4n) is 1.27. The van der Waals surface area contributed by atoms with Gasteiger partial charge >= 0.3 is 11.7 Å². The quantitative estimate of drug-likeness (QED) is 0.498. The Kier molecular flexibility index (Phi) is 6.70. The van der Waals surface area contributed by atoms with E-state index in [1.165, 1.54) is 17.9 Å². The molecule has 19 heavy (non-hydrogen) atoms. The molecule has 0 aliphatic heterocycles. The third kappa shape index (κ3) is 3.77. The van der Waals surface area contributed by atoms with Crippen LogP contribution in [0.1, 0.15) is 0 Å². The van der Waals surface area contributed by atoms with E-state index in [1.807, 2.05) is 0 Å². The number of nitrogens with two attached hydrogens (primary N) is 1. The zero-order valence-corrected chi connectivity index (χ0v) is 12.9. The average molecular weight is 278 g/mol. The second-order valence-electron chi connectivity index (χ2n) is 3.40. The Hall–Kier alpha value is -1.42. The van der Waals surface area contributed by atoms with Crippen molar-refractivity contribution in [1.29, 1.82) is 0 Å². The average Bonchev–Trinajstić information content (AvgIpc) is 2.83. The van der Waals surface area contributed by atoms with Crippen LogP contribution in [0.25, 0.3) is 11.2 Å².